The molecule has 240 valence electrons. The molecule has 0 aromatic heterocycles. The van der Waals surface area contributed by atoms with Crippen LogP contribution < -0.4 is 18.9 Å². The molecule has 2 saturated heterocycles. The van der Waals surface area contributed by atoms with Crippen molar-refractivity contribution in [3.05, 3.63) is 46.5 Å². The highest BCUT2D eigenvalue weighted by atomic mass is 16.5. The fraction of sp³-hybridized carbons (Fsp3) is 0.562. The summed E-state index contributed by atoms with van der Waals surface area (Å²) in [7, 11) is 6.31. The molecule has 4 aliphatic heterocycles. The molecule has 2 fully saturated rings. The Morgan fingerprint density at radius 2 is 0.977 bits per heavy atom. The summed E-state index contributed by atoms with van der Waals surface area (Å²) in [5.41, 5.74) is 3.95. The third kappa shape index (κ3) is 5.33. The number of carbonyl (C=O) groups is 2. The molecule has 12 heteroatoms. The fourth-order valence-corrected chi connectivity index (χ4v) is 7.21. The first kappa shape index (κ1) is 31.8. The van der Waals surface area contributed by atoms with E-state index in [4.69, 9.17) is 29.2 Å². The van der Waals surface area contributed by atoms with Crippen LogP contribution in [-0.2, 0) is 22.4 Å². The van der Waals surface area contributed by atoms with Gasteiger partial charge in [0.25, 0.3) is 0 Å². The van der Waals surface area contributed by atoms with Gasteiger partial charge in [-0.1, -0.05) is 0 Å². The molecule has 0 unspecified atom stereocenters. The summed E-state index contributed by atoms with van der Waals surface area (Å²) in [6.07, 6.45) is 0.395. The third-order valence-corrected chi connectivity index (χ3v) is 9.40. The predicted molar refractivity (Wildman–Crippen MR) is 158 cm³/mol. The molecule has 4 N–H and O–H groups in total. The lowest BCUT2D eigenvalue weighted by molar-refractivity contribution is -0.133. The van der Waals surface area contributed by atoms with E-state index >= 15 is 0 Å². The van der Waals surface area contributed by atoms with Gasteiger partial charge in [0.2, 0.25) is 11.8 Å². The molecular formula is C32H42N2O10. The Morgan fingerprint density at radius 1 is 0.636 bits per heavy atom. The molecular weight excluding hydrogens is 572 g/mol. The van der Waals surface area contributed by atoms with E-state index in [2.05, 4.69) is 0 Å². The molecule has 4 aliphatic rings. The van der Waals surface area contributed by atoms with E-state index in [9.17, 15) is 19.8 Å². The number of carbonyl (C=O) groups excluding carboxylic acids is 2. The Bertz CT molecular complexity index is 1280. The van der Waals surface area contributed by atoms with E-state index in [1.165, 1.54) is 0 Å². The molecule has 0 radical (unpaired) electrons. The normalized spacial score (nSPS) is 26.6. The molecule has 6 rings (SSSR count). The van der Waals surface area contributed by atoms with Crippen LogP contribution in [0.1, 0.15) is 47.2 Å². The van der Waals surface area contributed by atoms with E-state index in [1.807, 2.05) is 24.3 Å². The fourth-order valence-electron chi connectivity index (χ4n) is 7.21. The lowest BCUT2D eigenvalue weighted by Gasteiger charge is -2.33. The molecule has 4 heterocycles. The lowest BCUT2D eigenvalue weighted by Crippen LogP contribution is -2.36. The highest BCUT2D eigenvalue weighted by Gasteiger charge is 2.50. The minimum absolute atomic E-state index is 0.0769. The quantitative estimate of drug-likeness (QED) is 0.338. The van der Waals surface area contributed by atoms with Gasteiger partial charge in [-0.15, -0.1) is 0 Å². The zero-order valence-corrected chi connectivity index (χ0v) is 25.6. The summed E-state index contributed by atoms with van der Waals surface area (Å²) in [6, 6.07) is 6.80. The second-order valence-electron chi connectivity index (χ2n) is 11.5. The minimum atomic E-state index is -0.809. The zero-order chi connectivity index (χ0) is 31.7. The predicted octanol–water partition coefficient (Wildman–Crippen LogP) is 1.01. The van der Waals surface area contributed by atoms with Gasteiger partial charge < -0.3 is 49.2 Å². The van der Waals surface area contributed by atoms with Crippen LogP contribution in [0.5, 0.6) is 23.0 Å². The maximum absolute atomic E-state index is 12.4. The first-order valence-corrected chi connectivity index (χ1v) is 14.9. The average molecular weight is 615 g/mol. The number of aliphatic hydroxyl groups is 4. The number of methoxy groups -OCH3 is 4. The van der Waals surface area contributed by atoms with Crippen LogP contribution in [0.25, 0.3) is 0 Å². The van der Waals surface area contributed by atoms with Crippen LogP contribution in [0.15, 0.2) is 24.3 Å². The molecule has 0 spiro atoms. The standard InChI is InChI=1S/2C16H21NO5/c2*1-21-12-7-9-3-5-17-14(11(9)8-13(12)22-2)15(19)10(4-6-18)16(17)20/h2*7-8,10,14-15,18-19H,3-6H2,1-2H3/t2*10-,14-,15+/m11/s1. The van der Waals surface area contributed by atoms with Gasteiger partial charge in [0.05, 0.1) is 64.6 Å². The number of rotatable bonds is 8. The minimum Gasteiger partial charge on any atom is -0.493 e. The average Bonchev–Trinajstić information content (AvgIpc) is 3.44. The largest absolute Gasteiger partial charge is 0.493 e. The van der Waals surface area contributed by atoms with Crippen molar-refractivity contribution in [2.24, 2.45) is 11.8 Å². The van der Waals surface area contributed by atoms with Crippen LogP contribution in [-0.4, -0.2) is 109 Å². The highest BCUT2D eigenvalue weighted by molar-refractivity contribution is 5.84. The van der Waals surface area contributed by atoms with E-state index in [0.717, 1.165) is 35.1 Å². The molecule has 0 aliphatic carbocycles. The van der Waals surface area contributed by atoms with Gasteiger partial charge in [0, 0.05) is 26.3 Å². The second-order valence-corrected chi connectivity index (χ2v) is 11.5. The van der Waals surface area contributed by atoms with Crippen LogP contribution in [0.3, 0.4) is 0 Å². The summed E-state index contributed by atoms with van der Waals surface area (Å²) in [5.74, 6) is 1.27. The summed E-state index contributed by atoms with van der Waals surface area (Å²) in [6.45, 7) is 0.940. The van der Waals surface area contributed by atoms with Crippen molar-refractivity contribution < 1.29 is 49.0 Å². The van der Waals surface area contributed by atoms with Crippen molar-refractivity contribution in [3.8, 4) is 23.0 Å². The molecule has 2 aromatic rings. The van der Waals surface area contributed by atoms with Gasteiger partial charge in [-0.3, -0.25) is 9.59 Å². The van der Waals surface area contributed by atoms with Gasteiger partial charge in [0.15, 0.2) is 23.0 Å². The number of nitrogens with zero attached hydrogens (tertiary/aromatic N) is 2. The molecule has 12 nitrogen and oxygen atoms in total. The van der Waals surface area contributed by atoms with E-state index < -0.39 is 24.0 Å². The van der Waals surface area contributed by atoms with Gasteiger partial charge in [-0.25, -0.2) is 0 Å². The maximum atomic E-state index is 12.4. The highest BCUT2D eigenvalue weighted by Crippen LogP contribution is 2.47. The van der Waals surface area contributed by atoms with E-state index in [0.29, 0.717) is 36.1 Å². The van der Waals surface area contributed by atoms with Gasteiger partial charge in [-0.2, -0.15) is 0 Å². The Labute approximate surface area is 256 Å². The summed E-state index contributed by atoms with van der Waals surface area (Å²) in [4.78, 5) is 28.3. The first-order valence-electron chi connectivity index (χ1n) is 14.9. The smallest absolute Gasteiger partial charge is 0.229 e. The van der Waals surface area contributed by atoms with Crippen LogP contribution in [0, 0.1) is 11.8 Å². The Hall–Kier alpha value is -3.58. The second kappa shape index (κ2) is 13.2. The number of aliphatic hydroxyl groups excluding tert-OH is 4. The van der Waals surface area contributed by atoms with Crippen molar-refractivity contribution in [3.63, 3.8) is 0 Å². The van der Waals surface area contributed by atoms with Crippen LogP contribution >= 0.6 is 0 Å². The Kier molecular flexibility index (Phi) is 9.54. The number of fused-ring (bicyclic) bond motifs is 6. The topological polar surface area (TPSA) is 158 Å². The molecule has 2 amide bonds. The van der Waals surface area contributed by atoms with Gasteiger partial charge in [0.1, 0.15) is 0 Å². The van der Waals surface area contributed by atoms with Crippen molar-refractivity contribution >= 4 is 11.8 Å². The third-order valence-electron chi connectivity index (χ3n) is 9.40. The van der Waals surface area contributed by atoms with E-state index in [-0.39, 0.29) is 50.0 Å². The van der Waals surface area contributed by atoms with Crippen molar-refractivity contribution in [1.82, 2.24) is 9.80 Å². The van der Waals surface area contributed by atoms with Crippen molar-refractivity contribution in [2.75, 3.05) is 54.7 Å². The van der Waals surface area contributed by atoms with Crippen molar-refractivity contribution in [1.29, 1.82) is 0 Å². The van der Waals surface area contributed by atoms with Gasteiger partial charge in [-0.05, 0) is 72.2 Å². The molecule has 0 saturated carbocycles. The molecule has 44 heavy (non-hydrogen) atoms. The van der Waals surface area contributed by atoms with Crippen LogP contribution in [0.2, 0.25) is 0 Å². The summed E-state index contributed by atoms with van der Waals surface area (Å²) < 4.78 is 21.3. The van der Waals surface area contributed by atoms with Crippen molar-refractivity contribution in [2.45, 2.75) is 50.0 Å². The number of benzene rings is 2. The number of ether oxygens (including phenoxy) is 4. The molecule has 2 aromatic carbocycles. The number of hydrogen-bond donors (Lipinski definition) is 4. The SMILES string of the molecule is COc1cc2c(cc1OC)[C@@H]1[C@@H](O)[C@@H](CCO)C(=O)N1CC2.COc1cc2c(cc1OC)[C@@H]1[C@@H](O)[C@@H](CCO)C(=O)N1CC2. The first-order chi connectivity index (χ1) is 21.2. The summed E-state index contributed by atoms with van der Waals surface area (Å²) >= 11 is 0. The van der Waals surface area contributed by atoms with E-state index in [1.54, 1.807) is 38.2 Å². The Balaban J connectivity index is 0.000000175. The number of amides is 2. The maximum Gasteiger partial charge on any atom is 0.229 e. The van der Waals surface area contributed by atoms with Crippen LogP contribution in [0.4, 0.5) is 0 Å². The molecule has 0 bridgehead atoms. The monoisotopic (exact) mass is 614 g/mol. The zero-order valence-electron chi connectivity index (χ0n) is 25.6. The van der Waals surface area contributed by atoms with Gasteiger partial charge >= 0.3 is 0 Å². The lowest BCUT2D eigenvalue weighted by atomic mass is 9.88. The summed E-state index contributed by atoms with van der Waals surface area (Å²) in [5, 5.41) is 39.4. The number of hydrogen-bond acceptors (Lipinski definition) is 10. The molecule has 6 atom stereocenters. The Morgan fingerprint density at radius 3 is 1.30 bits per heavy atom.